The van der Waals surface area contributed by atoms with Crippen LogP contribution in [0.15, 0.2) is 23.6 Å². The molecular formula is C14H20N6O2S. The lowest BCUT2D eigenvalue weighted by Gasteiger charge is -2.26. The predicted octanol–water partition coefficient (Wildman–Crippen LogP) is 1.31. The van der Waals surface area contributed by atoms with E-state index in [0.717, 1.165) is 25.9 Å². The fourth-order valence-electron chi connectivity index (χ4n) is 2.49. The van der Waals surface area contributed by atoms with Gasteiger partial charge in [0.2, 0.25) is 5.95 Å². The lowest BCUT2D eigenvalue weighted by Crippen LogP contribution is -2.30. The van der Waals surface area contributed by atoms with Crippen LogP contribution in [-0.2, 0) is 17.1 Å². The lowest BCUT2D eigenvalue weighted by molar-refractivity contribution is 0.568. The number of rotatable bonds is 4. The molecule has 8 nitrogen and oxygen atoms in total. The predicted molar refractivity (Wildman–Crippen MR) is 86.8 cm³/mol. The second kappa shape index (κ2) is 6.15. The molecule has 2 aromatic rings. The Hall–Kier alpha value is -2.16. The third kappa shape index (κ3) is 3.44. The van der Waals surface area contributed by atoms with Crippen molar-refractivity contribution in [2.75, 3.05) is 22.7 Å². The maximum atomic E-state index is 12.3. The van der Waals surface area contributed by atoms with Crippen molar-refractivity contribution in [2.45, 2.75) is 31.2 Å². The number of aromatic nitrogens is 4. The van der Waals surface area contributed by atoms with Crippen LogP contribution in [0, 0.1) is 6.92 Å². The molecule has 0 aromatic carbocycles. The van der Waals surface area contributed by atoms with Gasteiger partial charge in [0.25, 0.3) is 10.0 Å². The van der Waals surface area contributed by atoms with E-state index >= 15 is 0 Å². The van der Waals surface area contributed by atoms with Gasteiger partial charge < -0.3 is 9.47 Å². The van der Waals surface area contributed by atoms with Gasteiger partial charge in [0, 0.05) is 26.3 Å². The van der Waals surface area contributed by atoms with E-state index in [-0.39, 0.29) is 5.03 Å². The highest BCUT2D eigenvalue weighted by Gasteiger charge is 2.19. The van der Waals surface area contributed by atoms with Crippen LogP contribution in [0.5, 0.6) is 0 Å². The topological polar surface area (TPSA) is 93.0 Å². The number of imidazole rings is 1. The van der Waals surface area contributed by atoms with E-state index in [1.54, 1.807) is 18.5 Å². The van der Waals surface area contributed by atoms with E-state index < -0.39 is 10.0 Å². The fraction of sp³-hybridized carbons (Fsp3) is 0.500. The highest BCUT2D eigenvalue weighted by molar-refractivity contribution is 7.92. The molecule has 3 rings (SSSR count). The molecule has 1 N–H and O–H groups in total. The molecule has 3 heterocycles. The summed E-state index contributed by atoms with van der Waals surface area (Å²) >= 11 is 0. The van der Waals surface area contributed by atoms with E-state index in [4.69, 9.17) is 0 Å². The Morgan fingerprint density at radius 2 is 1.78 bits per heavy atom. The van der Waals surface area contributed by atoms with Gasteiger partial charge in [-0.25, -0.2) is 15.0 Å². The molecule has 9 heteroatoms. The van der Waals surface area contributed by atoms with Gasteiger partial charge in [-0.15, -0.1) is 0 Å². The summed E-state index contributed by atoms with van der Waals surface area (Å²) in [4.78, 5) is 14.7. The number of piperidine rings is 1. The van der Waals surface area contributed by atoms with Crippen LogP contribution in [0.25, 0.3) is 0 Å². The third-order valence-electron chi connectivity index (χ3n) is 3.89. The SMILES string of the molecule is Cc1nc(S(=O)(=O)Nc2cnc(N3CCCCC3)nc2)cn1C. The minimum Gasteiger partial charge on any atom is -0.341 e. The van der Waals surface area contributed by atoms with Gasteiger partial charge in [-0.05, 0) is 26.2 Å². The second-order valence-corrected chi connectivity index (χ2v) is 7.29. The summed E-state index contributed by atoms with van der Waals surface area (Å²) in [6.45, 7) is 3.63. The van der Waals surface area contributed by atoms with Crippen LogP contribution in [0.1, 0.15) is 25.1 Å². The summed E-state index contributed by atoms with van der Waals surface area (Å²) in [6, 6.07) is 0. The Morgan fingerprint density at radius 1 is 1.13 bits per heavy atom. The molecule has 0 unspecified atom stereocenters. The number of hydrogen-bond acceptors (Lipinski definition) is 6. The van der Waals surface area contributed by atoms with Gasteiger partial charge in [0.15, 0.2) is 5.03 Å². The maximum absolute atomic E-state index is 12.3. The molecule has 1 saturated heterocycles. The molecule has 0 aliphatic carbocycles. The molecule has 0 saturated carbocycles. The number of hydrogen-bond donors (Lipinski definition) is 1. The van der Waals surface area contributed by atoms with Crippen molar-refractivity contribution in [2.24, 2.45) is 7.05 Å². The van der Waals surface area contributed by atoms with E-state index in [1.807, 2.05) is 0 Å². The Morgan fingerprint density at radius 3 is 2.35 bits per heavy atom. The fourth-order valence-corrected chi connectivity index (χ4v) is 3.56. The van der Waals surface area contributed by atoms with E-state index in [2.05, 4.69) is 24.6 Å². The molecule has 23 heavy (non-hydrogen) atoms. The van der Waals surface area contributed by atoms with Crippen LogP contribution in [-0.4, -0.2) is 41.0 Å². The Labute approximate surface area is 135 Å². The summed E-state index contributed by atoms with van der Waals surface area (Å²) in [5.41, 5.74) is 0.328. The number of nitrogens with one attached hydrogen (secondary N) is 1. The first kappa shape index (κ1) is 15.7. The minimum absolute atomic E-state index is 0.0161. The zero-order valence-corrected chi connectivity index (χ0v) is 14.0. The summed E-state index contributed by atoms with van der Waals surface area (Å²) in [5.74, 6) is 1.27. The monoisotopic (exact) mass is 336 g/mol. The second-order valence-electron chi connectivity index (χ2n) is 5.66. The number of nitrogens with zero attached hydrogens (tertiary/aromatic N) is 5. The first-order valence-electron chi connectivity index (χ1n) is 7.55. The van der Waals surface area contributed by atoms with Gasteiger partial charge in [-0.1, -0.05) is 0 Å². The molecule has 1 aliphatic heterocycles. The average Bonchev–Trinajstić information content (AvgIpc) is 2.89. The van der Waals surface area contributed by atoms with Crippen molar-refractivity contribution in [3.63, 3.8) is 0 Å². The smallest absolute Gasteiger partial charge is 0.281 e. The number of aryl methyl sites for hydroxylation is 2. The highest BCUT2D eigenvalue weighted by atomic mass is 32.2. The van der Waals surface area contributed by atoms with E-state index in [0.29, 0.717) is 17.5 Å². The molecule has 124 valence electrons. The van der Waals surface area contributed by atoms with E-state index in [9.17, 15) is 8.42 Å². The largest absolute Gasteiger partial charge is 0.341 e. The number of anilines is 2. The Bertz CT molecular complexity index is 759. The molecule has 0 spiro atoms. The van der Waals surface area contributed by atoms with Crippen molar-refractivity contribution in [3.8, 4) is 0 Å². The van der Waals surface area contributed by atoms with Crippen LogP contribution in [0.4, 0.5) is 11.6 Å². The van der Waals surface area contributed by atoms with Crippen molar-refractivity contribution in [3.05, 3.63) is 24.4 Å². The molecule has 0 bridgehead atoms. The number of sulfonamides is 1. The summed E-state index contributed by atoms with van der Waals surface area (Å²) in [6.07, 6.45) is 7.96. The van der Waals surface area contributed by atoms with Crippen LogP contribution < -0.4 is 9.62 Å². The van der Waals surface area contributed by atoms with Crippen molar-refractivity contribution in [1.82, 2.24) is 19.5 Å². The van der Waals surface area contributed by atoms with Crippen molar-refractivity contribution in [1.29, 1.82) is 0 Å². The third-order valence-corrected chi connectivity index (χ3v) is 5.14. The maximum Gasteiger partial charge on any atom is 0.281 e. The van der Waals surface area contributed by atoms with Gasteiger partial charge >= 0.3 is 0 Å². The molecule has 0 radical (unpaired) electrons. The molecule has 1 aliphatic rings. The van der Waals surface area contributed by atoms with Gasteiger partial charge in [0.05, 0.1) is 18.1 Å². The summed E-state index contributed by atoms with van der Waals surface area (Å²) in [7, 11) is -1.98. The van der Waals surface area contributed by atoms with Crippen LogP contribution in [0.3, 0.4) is 0 Å². The molecule has 0 atom stereocenters. The molecule has 1 fully saturated rings. The summed E-state index contributed by atoms with van der Waals surface area (Å²) < 4.78 is 28.7. The molecule has 0 amide bonds. The van der Waals surface area contributed by atoms with Gasteiger partial charge in [0.1, 0.15) is 5.82 Å². The zero-order valence-electron chi connectivity index (χ0n) is 13.2. The summed E-state index contributed by atoms with van der Waals surface area (Å²) in [5, 5.41) is -0.0161. The zero-order chi connectivity index (χ0) is 16.4. The first-order chi connectivity index (χ1) is 11.0. The average molecular weight is 336 g/mol. The standard InChI is InChI=1S/C14H20N6O2S/c1-11-17-13(10-19(11)2)23(21,22)18-12-8-15-14(16-9-12)20-6-4-3-5-7-20/h8-10,18H,3-7H2,1-2H3. The first-order valence-corrected chi connectivity index (χ1v) is 9.04. The van der Waals surface area contributed by atoms with Crippen molar-refractivity contribution >= 4 is 21.7 Å². The highest BCUT2D eigenvalue weighted by Crippen LogP contribution is 2.18. The quantitative estimate of drug-likeness (QED) is 0.905. The van der Waals surface area contributed by atoms with Gasteiger partial charge in [-0.3, -0.25) is 4.72 Å². The Balaban J connectivity index is 1.74. The Kier molecular flexibility index (Phi) is 4.20. The van der Waals surface area contributed by atoms with Gasteiger partial charge in [-0.2, -0.15) is 8.42 Å². The van der Waals surface area contributed by atoms with Crippen LogP contribution in [0.2, 0.25) is 0 Å². The van der Waals surface area contributed by atoms with Crippen LogP contribution >= 0.6 is 0 Å². The molecular weight excluding hydrogens is 316 g/mol. The molecule has 2 aromatic heterocycles. The minimum atomic E-state index is -3.73. The van der Waals surface area contributed by atoms with Crippen molar-refractivity contribution < 1.29 is 8.42 Å². The van der Waals surface area contributed by atoms with E-state index in [1.165, 1.54) is 25.0 Å². The normalized spacial score (nSPS) is 15.7. The lowest BCUT2D eigenvalue weighted by atomic mass is 10.1.